The number of carbonyl (C=O) groups excluding carboxylic acids is 1. The first-order valence-corrected chi connectivity index (χ1v) is 6.20. The maximum atomic E-state index is 12.2. The van der Waals surface area contributed by atoms with Crippen molar-refractivity contribution < 1.29 is 14.8 Å². The van der Waals surface area contributed by atoms with Gasteiger partial charge in [-0.1, -0.05) is 0 Å². The summed E-state index contributed by atoms with van der Waals surface area (Å²) in [7, 11) is 0. The zero-order chi connectivity index (χ0) is 15.1. The molecule has 0 fully saturated rings. The third-order valence-electron chi connectivity index (χ3n) is 2.85. The molecule has 0 aliphatic carbocycles. The van der Waals surface area contributed by atoms with E-state index >= 15 is 0 Å². The van der Waals surface area contributed by atoms with E-state index in [4.69, 9.17) is 10.9 Å². The highest BCUT2D eigenvalue weighted by atomic mass is 16.6. The molecule has 0 atom stereocenters. The van der Waals surface area contributed by atoms with Gasteiger partial charge < -0.3 is 15.4 Å². The van der Waals surface area contributed by atoms with Gasteiger partial charge in [0.05, 0.1) is 4.92 Å². The molecule has 110 valence electrons. The Labute approximate surface area is 116 Å². The average molecular weight is 282 g/mol. The van der Waals surface area contributed by atoms with Gasteiger partial charge in [0.15, 0.2) is 0 Å². The number of rotatable bonds is 7. The Morgan fingerprint density at radius 3 is 2.75 bits per heavy atom. The van der Waals surface area contributed by atoms with E-state index in [-0.39, 0.29) is 23.9 Å². The van der Waals surface area contributed by atoms with Crippen LogP contribution in [-0.4, -0.2) is 40.5 Å². The van der Waals surface area contributed by atoms with E-state index in [1.165, 1.54) is 18.2 Å². The van der Waals surface area contributed by atoms with Crippen molar-refractivity contribution in [3.63, 3.8) is 0 Å². The number of aliphatic hydroxyl groups excluding tert-OH is 1. The third-order valence-corrected chi connectivity index (χ3v) is 2.85. The van der Waals surface area contributed by atoms with Crippen molar-refractivity contribution in [3.05, 3.63) is 33.9 Å². The lowest BCUT2D eigenvalue weighted by Crippen LogP contribution is -2.32. The maximum absolute atomic E-state index is 12.2. The second kappa shape index (κ2) is 7.41. The van der Waals surface area contributed by atoms with E-state index in [9.17, 15) is 14.9 Å². The van der Waals surface area contributed by atoms with Crippen LogP contribution in [0.4, 0.5) is 11.4 Å². The number of nitrogen functional groups attached to an aromatic ring is 1. The van der Waals surface area contributed by atoms with Crippen LogP contribution in [0, 0.1) is 10.1 Å². The van der Waals surface area contributed by atoms with Gasteiger partial charge in [0, 0.05) is 31.3 Å². The molecule has 1 rings (SSSR count). The summed E-state index contributed by atoms with van der Waals surface area (Å²) in [4.78, 5) is 24.0. The van der Waals surface area contributed by atoms with Crippen LogP contribution in [0.2, 0.25) is 0 Å². The Morgan fingerprint density at radius 2 is 2.25 bits per heavy atom. The fourth-order valence-electron chi connectivity index (χ4n) is 1.79. The van der Waals surface area contributed by atoms with Gasteiger partial charge in [-0.05, 0) is 25.5 Å². The predicted molar refractivity (Wildman–Crippen MR) is 74.2 cm³/mol. The Bertz CT molecular complexity index is 492. The molecule has 0 radical (unpaired) electrons. The topological polar surface area (TPSA) is 122 Å². The second-order valence-electron chi connectivity index (χ2n) is 4.10. The molecule has 20 heavy (non-hydrogen) atoms. The summed E-state index contributed by atoms with van der Waals surface area (Å²) in [6.45, 7) is 2.73. The number of amides is 1. The highest BCUT2D eigenvalue weighted by molar-refractivity contribution is 5.95. The molecule has 1 amide bonds. The summed E-state index contributed by atoms with van der Waals surface area (Å²) < 4.78 is 0. The van der Waals surface area contributed by atoms with Gasteiger partial charge in [-0.2, -0.15) is 0 Å². The number of nitrogens with two attached hydrogens (primary N) is 1. The zero-order valence-electron chi connectivity index (χ0n) is 11.2. The van der Waals surface area contributed by atoms with Gasteiger partial charge in [-0.3, -0.25) is 20.8 Å². The number of nitro benzene ring substituents is 1. The number of hydrogen-bond donors (Lipinski definition) is 3. The van der Waals surface area contributed by atoms with Gasteiger partial charge in [0.2, 0.25) is 0 Å². The van der Waals surface area contributed by atoms with Gasteiger partial charge in [-0.15, -0.1) is 0 Å². The second-order valence-corrected chi connectivity index (χ2v) is 4.10. The fourth-order valence-corrected chi connectivity index (χ4v) is 1.79. The van der Waals surface area contributed by atoms with E-state index in [2.05, 4.69) is 5.43 Å². The Balaban J connectivity index is 3.01. The first kappa shape index (κ1) is 15.9. The van der Waals surface area contributed by atoms with Gasteiger partial charge >= 0.3 is 0 Å². The molecule has 8 heteroatoms. The molecule has 1 aromatic rings. The van der Waals surface area contributed by atoms with E-state index in [1.807, 2.05) is 6.92 Å². The monoisotopic (exact) mass is 282 g/mol. The molecule has 0 spiro atoms. The Kier molecular flexibility index (Phi) is 5.88. The summed E-state index contributed by atoms with van der Waals surface area (Å²) in [5, 5.41) is 19.6. The van der Waals surface area contributed by atoms with Crippen LogP contribution < -0.4 is 11.3 Å². The molecule has 0 aromatic heterocycles. The lowest BCUT2D eigenvalue weighted by molar-refractivity contribution is -0.384. The molecule has 0 heterocycles. The number of carbonyl (C=O) groups is 1. The Morgan fingerprint density at radius 1 is 1.55 bits per heavy atom. The highest BCUT2D eigenvalue weighted by Gasteiger charge is 2.19. The van der Waals surface area contributed by atoms with E-state index in [1.54, 1.807) is 4.90 Å². The summed E-state index contributed by atoms with van der Waals surface area (Å²) in [6, 6.07) is 3.98. The van der Waals surface area contributed by atoms with Crippen molar-refractivity contribution in [1.82, 2.24) is 4.90 Å². The molecule has 4 N–H and O–H groups in total. The molecular weight excluding hydrogens is 264 g/mol. The molecule has 0 saturated heterocycles. The number of aliphatic hydroxyl groups is 1. The number of hydrogen-bond acceptors (Lipinski definition) is 6. The smallest absolute Gasteiger partial charge is 0.293 e. The SMILES string of the molecule is CCN(CCCO)C(=O)c1ccc([N+](=O)[O-])c(NN)c1. The molecule has 1 aromatic carbocycles. The number of anilines is 1. The standard InChI is InChI=1S/C12H18N4O4/c1-2-15(6-3-7-17)12(18)9-4-5-11(16(19)20)10(8-9)14-13/h4-5,8,14,17H,2-3,6-7,13H2,1H3. The van der Waals surface area contributed by atoms with Crippen molar-refractivity contribution in [2.75, 3.05) is 25.1 Å². The maximum Gasteiger partial charge on any atom is 0.293 e. The summed E-state index contributed by atoms with van der Waals surface area (Å²) in [6.07, 6.45) is 0.481. The summed E-state index contributed by atoms with van der Waals surface area (Å²) >= 11 is 0. The summed E-state index contributed by atoms with van der Waals surface area (Å²) in [5.74, 6) is 4.98. The normalized spacial score (nSPS) is 10.2. The average Bonchev–Trinajstić information content (AvgIpc) is 2.46. The molecule has 8 nitrogen and oxygen atoms in total. The first-order valence-electron chi connectivity index (χ1n) is 6.20. The summed E-state index contributed by atoms with van der Waals surface area (Å²) in [5.41, 5.74) is 2.42. The lowest BCUT2D eigenvalue weighted by Gasteiger charge is -2.20. The number of nitrogens with zero attached hydrogens (tertiary/aromatic N) is 2. The molecule has 0 bridgehead atoms. The Hall–Kier alpha value is -2.19. The molecule has 0 saturated carbocycles. The van der Waals surface area contributed by atoms with Crippen molar-refractivity contribution in [2.45, 2.75) is 13.3 Å². The van der Waals surface area contributed by atoms with Crippen LogP contribution in [0.3, 0.4) is 0 Å². The molecular formula is C12H18N4O4. The largest absolute Gasteiger partial charge is 0.396 e. The number of benzene rings is 1. The van der Waals surface area contributed by atoms with Crippen LogP contribution in [0.25, 0.3) is 0 Å². The molecule has 0 aliphatic heterocycles. The quantitative estimate of drug-likeness (QED) is 0.385. The molecule has 0 unspecified atom stereocenters. The molecule has 0 aliphatic rings. The van der Waals surface area contributed by atoms with Crippen LogP contribution in [0.5, 0.6) is 0 Å². The highest BCUT2D eigenvalue weighted by Crippen LogP contribution is 2.25. The van der Waals surface area contributed by atoms with Crippen molar-refractivity contribution in [2.24, 2.45) is 5.84 Å². The van der Waals surface area contributed by atoms with Gasteiger partial charge in [-0.25, -0.2) is 0 Å². The van der Waals surface area contributed by atoms with Crippen LogP contribution >= 0.6 is 0 Å². The van der Waals surface area contributed by atoms with Crippen LogP contribution in [0.15, 0.2) is 18.2 Å². The van der Waals surface area contributed by atoms with Crippen molar-refractivity contribution in [3.8, 4) is 0 Å². The minimum Gasteiger partial charge on any atom is -0.396 e. The van der Waals surface area contributed by atoms with Crippen molar-refractivity contribution in [1.29, 1.82) is 0 Å². The van der Waals surface area contributed by atoms with E-state index in [0.717, 1.165) is 0 Å². The van der Waals surface area contributed by atoms with E-state index in [0.29, 0.717) is 25.1 Å². The minimum atomic E-state index is -0.577. The number of hydrazine groups is 1. The minimum absolute atomic E-state index is 0.000350. The predicted octanol–water partition coefficient (Wildman–Crippen LogP) is 0.725. The zero-order valence-corrected chi connectivity index (χ0v) is 11.2. The van der Waals surface area contributed by atoms with Crippen LogP contribution in [0.1, 0.15) is 23.7 Å². The van der Waals surface area contributed by atoms with Crippen LogP contribution in [-0.2, 0) is 0 Å². The van der Waals surface area contributed by atoms with Crippen molar-refractivity contribution >= 4 is 17.3 Å². The number of nitro groups is 1. The third kappa shape index (κ3) is 3.65. The van der Waals surface area contributed by atoms with E-state index < -0.39 is 4.92 Å². The van der Waals surface area contributed by atoms with Gasteiger partial charge in [0.1, 0.15) is 5.69 Å². The lowest BCUT2D eigenvalue weighted by atomic mass is 10.1. The number of nitrogens with one attached hydrogen (secondary N) is 1. The van der Waals surface area contributed by atoms with Gasteiger partial charge in [0.25, 0.3) is 11.6 Å². The first-order chi connectivity index (χ1) is 9.54. The fraction of sp³-hybridized carbons (Fsp3) is 0.417.